The summed E-state index contributed by atoms with van der Waals surface area (Å²) in [5.41, 5.74) is 1.51. The number of carbonyl (C=O) groups is 2. The lowest BCUT2D eigenvalue weighted by Gasteiger charge is -2.08. The summed E-state index contributed by atoms with van der Waals surface area (Å²) in [6.07, 6.45) is 0.876. The van der Waals surface area contributed by atoms with Crippen molar-refractivity contribution in [2.75, 3.05) is 11.9 Å². The van der Waals surface area contributed by atoms with E-state index in [2.05, 4.69) is 10.3 Å². The van der Waals surface area contributed by atoms with Crippen LogP contribution in [0.15, 0.2) is 53.9 Å². The first-order valence-electron chi connectivity index (χ1n) is 9.44. The maximum atomic E-state index is 13.0. The number of ether oxygens (including phenoxy) is 2. The number of thiazole rings is 1. The van der Waals surface area contributed by atoms with Crippen LogP contribution in [0.3, 0.4) is 0 Å². The maximum Gasteiger partial charge on any atom is 0.311 e. The predicted octanol–water partition coefficient (Wildman–Crippen LogP) is 4.75. The highest BCUT2D eigenvalue weighted by atomic mass is 32.1. The first kappa shape index (κ1) is 21.4. The number of aromatic nitrogens is 1. The van der Waals surface area contributed by atoms with E-state index in [0.717, 1.165) is 5.56 Å². The van der Waals surface area contributed by atoms with Crippen LogP contribution in [-0.2, 0) is 27.2 Å². The van der Waals surface area contributed by atoms with Crippen molar-refractivity contribution in [3.8, 4) is 11.5 Å². The second-order valence-electron chi connectivity index (χ2n) is 6.38. The molecule has 3 rings (SSSR count). The summed E-state index contributed by atoms with van der Waals surface area (Å²) in [6, 6.07) is 13.2. The Morgan fingerprint density at radius 3 is 2.70 bits per heavy atom. The van der Waals surface area contributed by atoms with Gasteiger partial charge in [0, 0.05) is 11.8 Å². The fourth-order valence-corrected chi connectivity index (χ4v) is 3.37. The minimum atomic E-state index is -0.344. The van der Waals surface area contributed by atoms with Crippen molar-refractivity contribution in [1.82, 2.24) is 4.98 Å². The number of aryl methyl sites for hydroxylation is 1. The lowest BCUT2D eigenvalue weighted by atomic mass is 10.1. The van der Waals surface area contributed by atoms with Gasteiger partial charge in [-0.2, -0.15) is 0 Å². The van der Waals surface area contributed by atoms with Gasteiger partial charge in [-0.25, -0.2) is 9.37 Å². The standard InChI is InChI=1S/C22H21FN2O4S/c1-2-28-21(27)13-17-14-30-22(24-17)25-20(26)11-6-15-4-3-5-19(12-15)29-18-9-7-16(23)8-10-18/h3-5,7-10,12,14H,2,6,11,13H2,1H3,(H,24,25,26). The number of nitrogens with zero attached hydrogens (tertiary/aromatic N) is 1. The van der Waals surface area contributed by atoms with E-state index in [4.69, 9.17) is 9.47 Å². The lowest BCUT2D eigenvalue weighted by Crippen LogP contribution is -2.12. The number of hydrogen-bond acceptors (Lipinski definition) is 6. The zero-order valence-corrected chi connectivity index (χ0v) is 17.2. The molecule has 30 heavy (non-hydrogen) atoms. The number of halogens is 1. The molecule has 0 unspecified atom stereocenters. The molecular weight excluding hydrogens is 407 g/mol. The topological polar surface area (TPSA) is 77.5 Å². The van der Waals surface area contributed by atoms with E-state index in [0.29, 0.717) is 35.4 Å². The summed E-state index contributed by atoms with van der Waals surface area (Å²) in [5, 5.41) is 4.92. The van der Waals surface area contributed by atoms with E-state index < -0.39 is 0 Å². The summed E-state index contributed by atoms with van der Waals surface area (Å²) in [5.74, 6) is 0.312. The average Bonchev–Trinajstić information content (AvgIpc) is 3.15. The monoisotopic (exact) mass is 428 g/mol. The molecule has 0 aliphatic heterocycles. The fraction of sp³-hybridized carbons (Fsp3) is 0.227. The van der Waals surface area contributed by atoms with Gasteiger partial charge in [-0.3, -0.25) is 9.59 Å². The highest BCUT2D eigenvalue weighted by Gasteiger charge is 2.11. The van der Waals surface area contributed by atoms with Crippen molar-refractivity contribution in [3.63, 3.8) is 0 Å². The highest BCUT2D eigenvalue weighted by Crippen LogP contribution is 2.23. The zero-order chi connectivity index (χ0) is 21.3. The van der Waals surface area contributed by atoms with Crippen LogP contribution in [0, 0.1) is 5.82 Å². The van der Waals surface area contributed by atoms with Crippen LogP contribution in [0.1, 0.15) is 24.6 Å². The van der Waals surface area contributed by atoms with Crippen molar-refractivity contribution in [2.24, 2.45) is 0 Å². The van der Waals surface area contributed by atoms with Crippen molar-refractivity contribution >= 4 is 28.3 Å². The fourth-order valence-electron chi connectivity index (χ4n) is 2.65. The van der Waals surface area contributed by atoms with Crippen LogP contribution >= 0.6 is 11.3 Å². The number of anilines is 1. The van der Waals surface area contributed by atoms with Crippen LogP contribution in [0.25, 0.3) is 0 Å². The highest BCUT2D eigenvalue weighted by molar-refractivity contribution is 7.13. The molecule has 8 heteroatoms. The van der Waals surface area contributed by atoms with Crippen molar-refractivity contribution in [2.45, 2.75) is 26.2 Å². The molecule has 1 aromatic heterocycles. The van der Waals surface area contributed by atoms with Crippen molar-refractivity contribution in [3.05, 3.63) is 71.0 Å². The Bertz CT molecular complexity index is 1000. The Kier molecular flexibility index (Phi) is 7.51. The Labute approximate surface area is 177 Å². The van der Waals surface area contributed by atoms with Crippen LogP contribution in [0.2, 0.25) is 0 Å². The summed E-state index contributed by atoms with van der Waals surface area (Å²) in [7, 11) is 0. The van der Waals surface area contributed by atoms with Gasteiger partial charge in [0.2, 0.25) is 5.91 Å². The third-order valence-corrected chi connectivity index (χ3v) is 4.82. The minimum Gasteiger partial charge on any atom is -0.466 e. The van der Waals surface area contributed by atoms with Gasteiger partial charge < -0.3 is 14.8 Å². The third-order valence-electron chi connectivity index (χ3n) is 4.02. The zero-order valence-electron chi connectivity index (χ0n) is 16.4. The minimum absolute atomic E-state index is 0.0844. The van der Waals surface area contributed by atoms with Crippen LogP contribution in [0.5, 0.6) is 11.5 Å². The number of nitrogens with one attached hydrogen (secondary N) is 1. The molecule has 0 bridgehead atoms. The van der Waals surface area contributed by atoms with E-state index in [-0.39, 0.29) is 30.5 Å². The Morgan fingerprint density at radius 1 is 1.13 bits per heavy atom. The Balaban J connectivity index is 1.49. The van der Waals surface area contributed by atoms with E-state index in [1.54, 1.807) is 30.5 Å². The first-order chi connectivity index (χ1) is 14.5. The molecule has 3 aromatic rings. The molecule has 0 saturated carbocycles. The van der Waals surface area contributed by atoms with E-state index in [1.807, 2.05) is 18.2 Å². The number of carbonyl (C=O) groups excluding carboxylic acids is 2. The molecule has 0 fully saturated rings. The summed E-state index contributed by atoms with van der Waals surface area (Å²) in [6.45, 7) is 2.07. The molecular formula is C22H21FN2O4S. The predicted molar refractivity (Wildman–Crippen MR) is 112 cm³/mol. The van der Waals surface area contributed by atoms with E-state index in [9.17, 15) is 14.0 Å². The number of rotatable bonds is 9. The smallest absolute Gasteiger partial charge is 0.311 e. The number of amides is 1. The Hall–Kier alpha value is -3.26. The third kappa shape index (κ3) is 6.66. The molecule has 0 spiro atoms. The molecule has 2 aromatic carbocycles. The molecule has 0 atom stereocenters. The number of benzene rings is 2. The summed E-state index contributed by atoms with van der Waals surface area (Å²) >= 11 is 1.27. The second kappa shape index (κ2) is 10.5. The second-order valence-corrected chi connectivity index (χ2v) is 7.24. The van der Waals surface area contributed by atoms with Crippen LogP contribution in [0.4, 0.5) is 9.52 Å². The van der Waals surface area contributed by atoms with Gasteiger partial charge in [-0.05, 0) is 55.3 Å². The van der Waals surface area contributed by atoms with Crippen LogP contribution in [-0.4, -0.2) is 23.5 Å². The van der Waals surface area contributed by atoms with Gasteiger partial charge in [-0.15, -0.1) is 11.3 Å². The summed E-state index contributed by atoms with van der Waals surface area (Å²) < 4.78 is 23.6. The first-order valence-corrected chi connectivity index (χ1v) is 10.3. The number of esters is 1. The molecule has 0 radical (unpaired) electrons. The van der Waals surface area contributed by atoms with Gasteiger partial charge in [0.25, 0.3) is 0 Å². The molecule has 1 heterocycles. The largest absolute Gasteiger partial charge is 0.466 e. The maximum absolute atomic E-state index is 13.0. The van der Waals surface area contributed by atoms with Crippen molar-refractivity contribution < 1.29 is 23.5 Å². The normalized spacial score (nSPS) is 10.5. The van der Waals surface area contributed by atoms with Gasteiger partial charge in [0.15, 0.2) is 5.13 Å². The van der Waals surface area contributed by atoms with Gasteiger partial charge in [0.1, 0.15) is 17.3 Å². The van der Waals surface area contributed by atoms with E-state index >= 15 is 0 Å². The average molecular weight is 428 g/mol. The van der Waals surface area contributed by atoms with Crippen LogP contribution < -0.4 is 10.1 Å². The molecule has 1 amide bonds. The molecule has 1 N–H and O–H groups in total. The molecule has 6 nitrogen and oxygen atoms in total. The Morgan fingerprint density at radius 2 is 1.93 bits per heavy atom. The summed E-state index contributed by atoms with van der Waals surface area (Å²) in [4.78, 5) is 27.9. The lowest BCUT2D eigenvalue weighted by molar-refractivity contribution is -0.142. The van der Waals surface area contributed by atoms with Gasteiger partial charge in [0.05, 0.1) is 18.7 Å². The van der Waals surface area contributed by atoms with E-state index in [1.165, 1.54) is 23.5 Å². The SMILES string of the molecule is CCOC(=O)Cc1csc(NC(=O)CCc2cccc(Oc3ccc(F)cc3)c2)n1. The van der Waals surface area contributed by atoms with Crippen molar-refractivity contribution in [1.29, 1.82) is 0 Å². The van der Waals surface area contributed by atoms with Gasteiger partial charge in [-0.1, -0.05) is 12.1 Å². The van der Waals surface area contributed by atoms with Gasteiger partial charge >= 0.3 is 5.97 Å². The quantitative estimate of drug-likeness (QED) is 0.498. The molecule has 0 saturated heterocycles. The molecule has 0 aliphatic carbocycles. The number of hydrogen-bond donors (Lipinski definition) is 1. The molecule has 156 valence electrons. The molecule has 0 aliphatic rings.